The number of aliphatic hydroxyl groups is 1. The zero-order valence-corrected chi connectivity index (χ0v) is 15.7. The van der Waals surface area contributed by atoms with E-state index in [1.807, 2.05) is 6.08 Å². The Morgan fingerprint density at radius 2 is 1.92 bits per heavy atom. The van der Waals surface area contributed by atoms with Crippen LogP contribution in [0.3, 0.4) is 0 Å². The zero-order valence-electron chi connectivity index (χ0n) is 15.7. The van der Waals surface area contributed by atoms with Crippen molar-refractivity contribution in [3.63, 3.8) is 0 Å². The standard InChI is InChI=1S/C22H30O3/c1-13-11-19-17-6-5-15-12-16(24)7-9-20(15,3)18(17)8-10-21(19,4)22(13,25)14(2)23/h12,17-19,25H,1,5-11H2,2-4H3/t17-,18+,19+,20-,21+,22+/m0/s1. The maximum absolute atomic E-state index is 12.4. The molecule has 4 rings (SSSR count). The third kappa shape index (κ3) is 1.96. The second-order valence-corrected chi connectivity index (χ2v) is 9.50. The highest BCUT2D eigenvalue weighted by Crippen LogP contribution is 2.68. The zero-order chi connectivity index (χ0) is 18.2. The average molecular weight is 342 g/mol. The molecule has 0 aromatic rings. The summed E-state index contributed by atoms with van der Waals surface area (Å²) in [6.07, 6.45) is 8.26. The van der Waals surface area contributed by atoms with Gasteiger partial charge in [0.25, 0.3) is 0 Å². The molecule has 0 heterocycles. The average Bonchev–Trinajstić information content (AvgIpc) is 2.77. The van der Waals surface area contributed by atoms with Gasteiger partial charge in [0.1, 0.15) is 5.60 Å². The van der Waals surface area contributed by atoms with Crippen molar-refractivity contribution in [2.75, 3.05) is 0 Å². The van der Waals surface area contributed by atoms with E-state index in [2.05, 4.69) is 20.4 Å². The fourth-order valence-electron chi connectivity index (χ4n) is 7.17. The van der Waals surface area contributed by atoms with Crippen LogP contribution in [0.1, 0.15) is 65.7 Å². The highest BCUT2D eigenvalue weighted by atomic mass is 16.3. The summed E-state index contributed by atoms with van der Waals surface area (Å²) >= 11 is 0. The van der Waals surface area contributed by atoms with E-state index >= 15 is 0 Å². The van der Waals surface area contributed by atoms with Crippen molar-refractivity contribution in [3.8, 4) is 0 Å². The number of hydrogen-bond acceptors (Lipinski definition) is 3. The normalized spacial score (nSPS) is 49.1. The number of carbonyl (C=O) groups excluding carboxylic acids is 2. The molecular weight excluding hydrogens is 312 g/mol. The van der Waals surface area contributed by atoms with Gasteiger partial charge in [0.2, 0.25) is 0 Å². The van der Waals surface area contributed by atoms with Gasteiger partial charge in [-0.2, -0.15) is 0 Å². The van der Waals surface area contributed by atoms with Crippen molar-refractivity contribution in [1.29, 1.82) is 0 Å². The molecule has 0 radical (unpaired) electrons. The molecule has 0 aliphatic heterocycles. The number of carbonyl (C=O) groups is 2. The molecule has 0 saturated heterocycles. The van der Waals surface area contributed by atoms with Crippen molar-refractivity contribution in [1.82, 2.24) is 0 Å². The van der Waals surface area contributed by atoms with Gasteiger partial charge in [-0.25, -0.2) is 0 Å². The lowest BCUT2D eigenvalue weighted by Gasteiger charge is -2.58. The van der Waals surface area contributed by atoms with Crippen molar-refractivity contribution in [2.24, 2.45) is 28.6 Å². The van der Waals surface area contributed by atoms with Crippen LogP contribution in [-0.2, 0) is 9.59 Å². The Hall–Kier alpha value is -1.22. The van der Waals surface area contributed by atoms with Gasteiger partial charge in [0.05, 0.1) is 0 Å². The molecule has 3 nitrogen and oxygen atoms in total. The molecular formula is C22H30O3. The van der Waals surface area contributed by atoms with Crippen LogP contribution >= 0.6 is 0 Å². The SMILES string of the molecule is C=C1C[C@@H]2[C@H]3CCC4=CC(=O)CC[C@]4(C)[C@@H]3CC[C@@]2(C)[C@]1(O)C(C)=O. The first-order valence-electron chi connectivity index (χ1n) is 9.80. The first-order chi connectivity index (χ1) is 11.6. The van der Waals surface area contributed by atoms with E-state index in [-0.39, 0.29) is 22.4 Å². The number of hydrogen-bond donors (Lipinski definition) is 1. The molecule has 4 aliphatic carbocycles. The highest BCUT2D eigenvalue weighted by Gasteiger charge is 2.66. The van der Waals surface area contributed by atoms with Gasteiger partial charge in [0.15, 0.2) is 11.6 Å². The largest absolute Gasteiger partial charge is 0.377 e. The molecule has 3 heteroatoms. The number of rotatable bonds is 1. The molecule has 0 aromatic carbocycles. The summed E-state index contributed by atoms with van der Waals surface area (Å²) in [5.74, 6) is 1.53. The van der Waals surface area contributed by atoms with Gasteiger partial charge in [-0.1, -0.05) is 26.0 Å². The van der Waals surface area contributed by atoms with Gasteiger partial charge in [-0.3, -0.25) is 9.59 Å². The molecule has 0 amide bonds. The van der Waals surface area contributed by atoms with Gasteiger partial charge in [0, 0.05) is 11.8 Å². The quantitative estimate of drug-likeness (QED) is 0.733. The highest BCUT2D eigenvalue weighted by molar-refractivity contribution is 5.92. The minimum atomic E-state index is -1.36. The fourth-order valence-corrected chi connectivity index (χ4v) is 7.17. The molecule has 136 valence electrons. The van der Waals surface area contributed by atoms with Crippen LogP contribution in [0.2, 0.25) is 0 Å². The van der Waals surface area contributed by atoms with E-state index in [1.165, 1.54) is 12.5 Å². The molecule has 3 fully saturated rings. The second kappa shape index (κ2) is 5.16. The van der Waals surface area contributed by atoms with Gasteiger partial charge < -0.3 is 5.11 Å². The molecule has 0 spiro atoms. The topological polar surface area (TPSA) is 54.4 Å². The van der Waals surface area contributed by atoms with Crippen molar-refractivity contribution in [2.45, 2.75) is 71.3 Å². The van der Waals surface area contributed by atoms with Crippen LogP contribution in [0.15, 0.2) is 23.8 Å². The summed E-state index contributed by atoms with van der Waals surface area (Å²) < 4.78 is 0. The molecule has 0 unspecified atom stereocenters. The van der Waals surface area contributed by atoms with Crippen LogP contribution in [0.25, 0.3) is 0 Å². The van der Waals surface area contributed by atoms with E-state index in [0.717, 1.165) is 44.1 Å². The van der Waals surface area contributed by atoms with Crippen LogP contribution in [0, 0.1) is 28.6 Å². The smallest absolute Gasteiger partial charge is 0.166 e. The molecule has 0 bridgehead atoms. The summed E-state index contributed by atoms with van der Waals surface area (Å²) in [6, 6.07) is 0. The summed E-state index contributed by atoms with van der Waals surface area (Å²) in [4.78, 5) is 24.3. The number of ketones is 2. The minimum Gasteiger partial charge on any atom is -0.377 e. The third-order valence-corrected chi connectivity index (χ3v) is 8.67. The van der Waals surface area contributed by atoms with Crippen molar-refractivity contribution >= 4 is 11.6 Å². The lowest BCUT2D eigenvalue weighted by molar-refractivity contribution is -0.154. The van der Waals surface area contributed by atoms with E-state index in [9.17, 15) is 14.7 Å². The first kappa shape index (κ1) is 17.2. The Labute approximate surface area is 150 Å². The summed E-state index contributed by atoms with van der Waals surface area (Å²) in [6.45, 7) is 10.1. The second-order valence-electron chi connectivity index (χ2n) is 9.50. The predicted molar refractivity (Wildman–Crippen MR) is 96.9 cm³/mol. The van der Waals surface area contributed by atoms with Gasteiger partial charge in [-0.05, 0) is 80.3 Å². The predicted octanol–water partition coefficient (Wildman–Crippen LogP) is 4.00. The summed E-state index contributed by atoms with van der Waals surface area (Å²) in [5.41, 5.74) is 0.448. The summed E-state index contributed by atoms with van der Waals surface area (Å²) in [7, 11) is 0. The third-order valence-electron chi connectivity index (χ3n) is 8.67. The number of Topliss-reactive ketones (excluding diaryl/α,β-unsaturated/α-hetero) is 1. The molecule has 6 atom stereocenters. The van der Waals surface area contributed by atoms with Gasteiger partial charge >= 0.3 is 0 Å². The van der Waals surface area contributed by atoms with Crippen molar-refractivity contribution < 1.29 is 14.7 Å². The molecule has 4 aliphatic rings. The number of allylic oxidation sites excluding steroid dienone is 1. The van der Waals surface area contributed by atoms with E-state index in [1.54, 1.807) is 0 Å². The van der Waals surface area contributed by atoms with Crippen LogP contribution in [0.5, 0.6) is 0 Å². The van der Waals surface area contributed by atoms with Crippen LogP contribution < -0.4 is 0 Å². The Morgan fingerprint density at radius 1 is 1.20 bits per heavy atom. The lowest BCUT2D eigenvalue weighted by Crippen LogP contribution is -2.57. The summed E-state index contributed by atoms with van der Waals surface area (Å²) in [5, 5.41) is 11.3. The monoisotopic (exact) mass is 342 g/mol. The maximum atomic E-state index is 12.4. The van der Waals surface area contributed by atoms with E-state index in [0.29, 0.717) is 24.2 Å². The minimum absolute atomic E-state index is 0.121. The molecule has 0 aromatic heterocycles. The van der Waals surface area contributed by atoms with Crippen LogP contribution in [-0.4, -0.2) is 22.3 Å². The first-order valence-corrected chi connectivity index (χ1v) is 9.80. The Morgan fingerprint density at radius 3 is 2.60 bits per heavy atom. The lowest BCUT2D eigenvalue weighted by atomic mass is 9.46. The molecule has 1 N–H and O–H groups in total. The molecule has 3 saturated carbocycles. The van der Waals surface area contributed by atoms with Gasteiger partial charge in [-0.15, -0.1) is 0 Å². The number of fused-ring (bicyclic) bond motifs is 5. The Bertz CT molecular complexity index is 704. The van der Waals surface area contributed by atoms with E-state index in [4.69, 9.17) is 0 Å². The van der Waals surface area contributed by atoms with Crippen LogP contribution in [0.4, 0.5) is 0 Å². The van der Waals surface area contributed by atoms with E-state index < -0.39 is 5.60 Å². The Kier molecular flexibility index (Phi) is 3.55. The maximum Gasteiger partial charge on any atom is 0.166 e. The molecule has 25 heavy (non-hydrogen) atoms. The van der Waals surface area contributed by atoms with Crippen molar-refractivity contribution in [3.05, 3.63) is 23.8 Å². The fraction of sp³-hybridized carbons (Fsp3) is 0.727. The Balaban J connectivity index is 1.74.